The smallest absolute Gasteiger partial charge is 0.0900 e. The third-order valence-corrected chi connectivity index (χ3v) is 4.47. The molecule has 1 saturated heterocycles. The largest absolute Gasteiger partial charge is 0.389 e. The second-order valence-electron chi connectivity index (χ2n) is 5.39. The minimum absolute atomic E-state index is 0.259. The summed E-state index contributed by atoms with van der Waals surface area (Å²) in [6.07, 6.45) is 2.78. The maximum absolute atomic E-state index is 10.0. The topological polar surface area (TPSA) is 41.9 Å². The van der Waals surface area contributed by atoms with Gasteiger partial charge >= 0.3 is 0 Å². The van der Waals surface area contributed by atoms with Gasteiger partial charge in [0.1, 0.15) is 0 Å². The van der Waals surface area contributed by atoms with Gasteiger partial charge in [-0.1, -0.05) is 6.07 Å². The summed E-state index contributed by atoms with van der Waals surface area (Å²) >= 11 is 1.79. The van der Waals surface area contributed by atoms with Gasteiger partial charge in [0.05, 0.1) is 18.8 Å². The Kier molecular flexibility index (Phi) is 6.96. The molecule has 0 aromatic carbocycles. The Bertz CT molecular complexity index is 352. The summed E-state index contributed by atoms with van der Waals surface area (Å²) in [5.41, 5.74) is 0. The molecule has 5 heteroatoms. The predicted molar refractivity (Wildman–Crippen MR) is 81.3 cm³/mol. The highest BCUT2D eigenvalue weighted by molar-refractivity contribution is 7.09. The first kappa shape index (κ1) is 15.9. The molecule has 0 aliphatic carbocycles. The summed E-state index contributed by atoms with van der Waals surface area (Å²) in [7, 11) is 2.05. The molecule has 114 valence electrons. The number of aliphatic hydroxyl groups excluding tert-OH is 1. The zero-order chi connectivity index (χ0) is 14.2. The first-order valence-electron chi connectivity index (χ1n) is 7.32. The van der Waals surface area contributed by atoms with E-state index in [9.17, 15) is 5.11 Å². The molecule has 1 aromatic heterocycles. The Morgan fingerprint density at radius 3 is 3.00 bits per heavy atom. The summed E-state index contributed by atoms with van der Waals surface area (Å²) in [4.78, 5) is 3.56. The van der Waals surface area contributed by atoms with Crippen molar-refractivity contribution in [3.63, 3.8) is 0 Å². The maximum Gasteiger partial charge on any atom is 0.0900 e. The number of nitrogens with zero attached hydrogens (tertiary/aromatic N) is 1. The summed E-state index contributed by atoms with van der Waals surface area (Å²) in [5.74, 6) is 0. The molecule has 0 bridgehead atoms. The Hall–Kier alpha value is -0.460. The lowest BCUT2D eigenvalue weighted by molar-refractivity contribution is -0.0630. The van der Waals surface area contributed by atoms with Crippen molar-refractivity contribution in [1.29, 1.82) is 0 Å². The molecule has 1 aliphatic rings. The van der Waals surface area contributed by atoms with Crippen LogP contribution in [-0.4, -0.2) is 62.2 Å². The Balaban J connectivity index is 1.56. The van der Waals surface area contributed by atoms with Crippen LogP contribution >= 0.6 is 11.3 Å². The highest BCUT2D eigenvalue weighted by Crippen LogP contribution is 2.11. The predicted octanol–water partition coefficient (Wildman–Crippen LogP) is 1.78. The van der Waals surface area contributed by atoms with Gasteiger partial charge in [0.25, 0.3) is 0 Å². The van der Waals surface area contributed by atoms with Gasteiger partial charge in [-0.15, -0.1) is 11.3 Å². The average Bonchev–Trinajstić information content (AvgIpc) is 2.97. The lowest BCUT2D eigenvalue weighted by Gasteiger charge is -2.25. The summed E-state index contributed by atoms with van der Waals surface area (Å²) < 4.78 is 11.0. The molecule has 1 aromatic rings. The van der Waals surface area contributed by atoms with Crippen LogP contribution in [0.3, 0.4) is 0 Å². The molecule has 1 N–H and O–H groups in total. The highest BCUT2D eigenvalue weighted by atomic mass is 32.1. The van der Waals surface area contributed by atoms with Crippen LogP contribution in [0.4, 0.5) is 0 Å². The molecular formula is C15H25NO3S. The van der Waals surface area contributed by atoms with Crippen molar-refractivity contribution in [2.45, 2.75) is 31.5 Å². The number of ether oxygens (including phenoxy) is 2. The molecule has 4 nitrogen and oxygen atoms in total. The van der Waals surface area contributed by atoms with Crippen molar-refractivity contribution < 1.29 is 14.6 Å². The van der Waals surface area contributed by atoms with E-state index in [0.29, 0.717) is 13.2 Å². The Labute approximate surface area is 125 Å². The van der Waals surface area contributed by atoms with E-state index in [1.54, 1.807) is 11.3 Å². The van der Waals surface area contributed by atoms with Crippen molar-refractivity contribution in [3.05, 3.63) is 22.4 Å². The van der Waals surface area contributed by atoms with Crippen molar-refractivity contribution >= 4 is 11.3 Å². The second kappa shape index (κ2) is 8.74. The molecule has 0 saturated carbocycles. The van der Waals surface area contributed by atoms with Gasteiger partial charge in [-0.25, -0.2) is 0 Å². The summed E-state index contributed by atoms with van der Waals surface area (Å²) in [6.45, 7) is 3.61. The molecular weight excluding hydrogens is 274 g/mol. The molecule has 1 fully saturated rings. The third kappa shape index (κ3) is 5.89. The molecule has 0 radical (unpaired) electrons. The van der Waals surface area contributed by atoms with Gasteiger partial charge in [-0.2, -0.15) is 0 Å². The van der Waals surface area contributed by atoms with E-state index in [1.165, 1.54) is 4.88 Å². The van der Waals surface area contributed by atoms with Crippen molar-refractivity contribution in [3.8, 4) is 0 Å². The van der Waals surface area contributed by atoms with Crippen LogP contribution in [0.25, 0.3) is 0 Å². The fourth-order valence-corrected chi connectivity index (χ4v) is 3.05. The normalized spacial score (nSPS) is 18.6. The first-order chi connectivity index (χ1) is 9.74. The summed E-state index contributed by atoms with van der Waals surface area (Å²) in [6, 6.07) is 4.24. The van der Waals surface area contributed by atoms with Crippen LogP contribution in [0.1, 0.15) is 17.7 Å². The van der Waals surface area contributed by atoms with E-state index in [-0.39, 0.29) is 6.10 Å². The first-order valence-corrected chi connectivity index (χ1v) is 8.20. The molecule has 1 aliphatic heterocycles. The van der Waals surface area contributed by atoms with Gasteiger partial charge in [0.2, 0.25) is 0 Å². The zero-order valence-corrected chi connectivity index (χ0v) is 13.0. The SMILES string of the molecule is CN(CCc1cccs1)CC(O)COC1CCOCC1. The molecule has 1 atom stereocenters. The van der Waals surface area contributed by atoms with E-state index in [0.717, 1.165) is 39.0 Å². The Morgan fingerprint density at radius 2 is 2.30 bits per heavy atom. The number of hydrogen-bond acceptors (Lipinski definition) is 5. The molecule has 2 rings (SSSR count). The molecule has 20 heavy (non-hydrogen) atoms. The minimum Gasteiger partial charge on any atom is -0.389 e. The van der Waals surface area contributed by atoms with E-state index in [1.807, 2.05) is 7.05 Å². The van der Waals surface area contributed by atoms with E-state index in [4.69, 9.17) is 9.47 Å². The fraction of sp³-hybridized carbons (Fsp3) is 0.733. The van der Waals surface area contributed by atoms with Crippen molar-refractivity contribution in [1.82, 2.24) is 4.90 Å². The van der Waals surface area contributed by atoms with E-state index < -0.39 is 6.10 Å². The van der Waals surface area contributed by atoms with Gasteiger partial charge in [-0.05, 0) is 37.8 Å². The van der Waals surface area contributed by atoms with Crippen LogP contribution in [0.15, 0.2) is 17.5 Å². The molecule has 1 unspecified atom stereocenters. The lowest BCUT2D eigenvalue weighted by atomic mass is 10.1. The standard InChI is InChI=1S/C15H25NO3S/c1-16(7-4-15-3-2-10-20-15)11-13(17)12-19-14-5-8-18-9-6-14/h2-3,10,13-14,17H,4-9,11-12H2,1H3. The molecule has 0 spiro atoms. The minimum atomic E-state index is -0.411. The van der Waals surface area contributed by atoms with Crippen molar-refractivity contribution in [2.24, 2.45) is 0 Å². The fourth-order valence-electron chi connectivity index (χ4n) is 2.35. The van der Waals surface area contributed by atoms with E-state index in [2.05, 4.69) is 22.4 Å². The van der Waals surface area contributed by atoms with Gasteiger partial charge < -0.3 is 19.5 Å². The third-order valence-electron chi connectivity index (χ3n) is 3.54. The van der Waals surface area contributed by atoms with Crippen LogP contribution in [-0.2, 0) is 15.9 Å². The number of aliphatic hydroxyl groups is 1. The van der Waals surface area contributed by atoms with E-state index >= 15 is 0 Å². The molecule has 2 heterocycles. The van der Waals surface area contributed by atoms with Crippen LogP contribution in [0, 0.1) is 0 Å². The van der Waals surface area contributed by atoms with Gasteiger partial charge in [0, 0.05) is 31.2 Å². The monoisotopic (exact) mass is 299 g/mol. The number of likely N-dealkylation sites (N-methyl/N-ethyl adjacent to an activating group) is 1. The van der Waals surface area contributed by atoms with Gasteiger partial charge in [0.15, 0.2) is 0 Å². The second-order valence-corrected chi connectivity index (χ2v) is 6.42. The summed E-state index contributed by atoms with van der Waals surface area (Å²) in [5, 5.41) is 12.1. The van der Waals surface area contributed by atoms with Crippen LogP contribution < -0.4 is 0 Å². The van der Waals surface area contributed by atoms with Gasteiger partial charge in [-0.3, -0.25) is 0 Å². The number of thiophene rings is 1. The van der Waals surface area contributed by atoms with Crippen molar-refractivity contribution in [2.75, 3.05) is 40.0 Å². The quantitative estimate of drug-likeness (QED) is 0.794. The number of rotatable bonds is 8. The molecule has 0 amide bonds. The Morgan fingerprint density at radius 1 is 1.50 bits per heavy atom. The zero-order valence-electron chi connectivity index (χ0n) is 12.2. The highest BCUT2D eigenvalue weighted by Gasteiger charge is 2.16. The van der Waals surface area contributed by atoms with Crippen LogP contribution in [0.2, 0.25) is 0 Å². The van der Waals surface area contributed by atoms with Crippen LogP contribution in [0.5, 0.6) is 0 Å². The lowest BCUT2D eigenvalue weighted by Crippen LogP contribution is -2.35. The number of hydrogen-bond donors (Lipinski definition) is 1. The average molecular weight is 299 g/mol. The maximum atomic E-state index is 10.0.